The van der Waals surface area contributed by atoms with E-state index in [-0.39, 0.29) is 11.5 Å². The number of amides is 1. The van der Waals surface area contributed by atoms with Gasteiger partial charge in [0.05, 0.1) is 10.5 Å². The maximum atomic E-state index is 13.5. The molecule has 2 unspecified atom stereocenters. The summed E-state index contributed by atoms with van der Waals surface area (Å²) in [5, 5.41) is 11.7. The number of hydrogen-bond acceptors (Lipinski definition) is 3. The Bertz CT molecular complexity index is 989. The Balaban J connectivity index is 1.62. The van der Waals surface area contributed by atoms with Crippen molar-refractivity contribution in [3.8, 4) is 6.07 Å². The third kappa shape index (κ3) is 3.40. The Morgan fingerprint density at radius 1 is 1.44 bits per heavy atom. The molecule has 0 bridgehead atoms. The first kappa shape index (κ1) is 17.9. The number of carbonyl (C=O) groups excluding carboxylic acids is 1. The molecule has 0 saturated heterocycles. The molecule has 1 saturated carbocycles. The number of fused-ring (bicyclic) bond motifs is 1. The molecule has 2 atom stereocenters. The van der Waals surface area contributed by atoms with Crippen LogP contribution in [0.1, 0.15) is 40.9 Å². The van der Waals surface area contributed by atoms with Crippen LogP contribution in [-0.2, 0) is 24.3 Å². The van der Waals surface area contributed by atoms with Gasteiger partial charge in [0.15, 0.2) is 0 Å². The minimum absolute atomic E-state index is 0.109. The van der Waals surface area contributed by atoms with Crippen molar-refractivity contribution < 1.29 is 9.18 Å². The number of anilines is 1. The van der Waals surface area contributed by atoms with Crippen LogP contribution >= 0.6 is 0 Å². The molecule has 2 aliphatic rings. The average Bonchev–Trinajstić information content (AvgIpc) is 3.44. The summed E-state index contributed by atoms with van der Waals surface area (Å²) in [6.07, 6.45) is 5.95. The van der Waals surface area contributed by atoms with Crippen LogP contribution in [0.2, 0.25) is 0 Å². The fourth-order valence-electron chi connectivity index (χ4n) is 3.65. The summed E-state index contributed by atoms with van der Waals surface area (Å²) in [6, 6.07) is 6.06. The molecule has 1 aliphatic carbocycles. The number of aromatic nitrogens is 1. The number of halogens is 1. The zero-order valence-electron chi connectivity index (χ0n) is 14.9. The normalized spacial score (nSPS) is 21.8. The molecule has 0 radical (unpaired) electrons. The third-order valence-corrected chi connectivity index (χ3v) is 6.52. The van der Waals surface area contributed by atoms with E-state index in [0.29, 0.717) is 23.3 Å². The molecule has 1 aromatic carbocycles. The van der Waals surface area contributed by atoms with Gasteiger partial charge in [-0.3, -0.25) is 9.57 Å². The lowest BCUT2D eigenvalue weighted by molar-refractivity contribution is 0.101. The predicted octanol–water partition coefficient (Wildman–Crippen LogP) is 3.26. The SMILES string of the molecule is Cn1cc2c(c1C(=O)Nc1ccc(F)c(C#N)c1)CCC(C1CC1)NS2=N. The van der Waals surface area contributed by atoms with E-state index in [1.807, 2.05) is 6.20 Å². The van der Waals surface area contributed by atoms with Crippen LogP contribution < -0.4 is 10.0 Å². The maximum Gasteiger partial charge on any atom is 0.272 e. The molecule has 6 nitrogen and oxygen atoms in total. The molecule has 1 amide bonds. The molecule has 27 heavy (non-hydrogen) atoms. The molecule has 8 heteroatoms. The third-order valence-electron chi connectivity index (χ3n) is 5.19. The number of rotatable bonds is 3. The van der Waals surface area contributed by atoms with E-state index in [1.54, 1.807) is 17.7 Å². The first-order valence-corrected chi connectivity index (χ1v) is 10.1. The second kappa shape index (κ2) is 6.91. The fourth-order valence-corrected chi connectivity index (χ4v) is 5.09. The molecule has 4 rings (SSSR count). The lowest BCUT2D eigenvalue weighted by atomic mass is 10.0. The first-order chi connectivity index (χ1) is 13.0. The van der Waals surface area contributed by atoms with Crippen molar-refractivity contribution in [2.24, 2.45) is 13.0 Å². The van der Waals surface area contributed by atoms with E-state index in [4.69, 9.17) is 10.0 Å². The number of hydrogen-bond donors (Lipinski definition) is 3. The largest absolute Gasteiger partial charge is 0.345 e. The molecule has 2 heterocycles. The summed E-state index contributed by atoms with van der Waals surface area (Å²) in [6.45, 7) is 0. The minimum atomic E-state index is -0.847. The summed E-state index contributed by atoms with van der Waals surface area (Å²) < 4.78 is 27.2. The standard InChI is InChI=1S/C19H20FN5OS/c1-25-10-17-14(5-7-16(11-2-3-11)24-27(17)22)18(25)19(26)23-13-4-6-15(20)12(8-13)9-21/h4,6,8,10-11,16H,2-3,5,7H2,1H3,(H2,22,24)(H,23,26). The predicted molar refractivity (Wildman–Crippen MR) is 101 cm³/mol. The highest BCUT2D eigenvalue weighted by molar-refractivity contribution is 7.84. The molecule has 2 aromatic rings. The first-order valence-electron chi connectivity index (χ1n) is 8.89. The molecule has 140 valence electrons. The number of nitriles is 1. The summed E-state index contributed by atoms with van der Waals surface area (Å²) >= 11 is 0. The average molecular weight is 385 g/mol. The van der Waals surface area contributed by atoms with Crippen molar-refractivity contribution in [1.29, 1.82) is 10.0 Å². The van der Waals surface area contributed by atoms with Crippen LogP contribution in [-0.4, -0.2) is 16.5 Å². The summed E-state index contributed by atoms with van der Waals surface area (Å²) in [5.74, 6) is -0.265. The van der Waals surface area contributed by atoms with Crippen molar-refractivity contribution in [1.82, 2.24) is 9.29 Å². The Labute approximate surface area is 159 Å². The van der Waals surface area contributed by atoms with Gasteiger partial charge in [0, 0.05) is 25.0 Å². The lowest BCUT2D eigenvalue weighted by Crippen LogP contribution is -2.30. The van der Waals surface area contributed by atoms with Gasteiger partial charge >= 0.3 is 0 Å². The minimum Gasteiger partial charge on any atom is -0.345 e. The van der Waals surface area contributed by atoms with Gasteiger partial charge in [0.25, 0.3) is 5.91 Å². The van der Waals surface area contributed by atoms with Crippen molar-refractivity contribution in [3.05, 3.63) is 47.0 Å². The second-order valence-corrected chi connectivity index (χ2v) is 8.39. The second-order valence-electron chi connectivity index (χ2n) is 7.10. The van der Waals surface area contributed by atoms with Crippen LogP contribution in [0.3, 0.4) is 0 Å². The number of aryl methyl sites for hydroxylation is 1. The highest BCUT2D eigenvalue weighted by Gasteiger charge is 2.35. The Hall–Kier alpha value is -2.50. The summed E-state index contributed by atoms with van der Waals surface area (Å²) in [7, 11) is 0.949. The van der Waals surface area contributed by atoms with Crippen molar-refractivity contribution in [2.45, 2.75) is 36.6 Å². The van der Waals surface area contributed by atoms with E-state index in [2.05, 4.69) is 10.0 Å². The zero-order valence-corrected chi connectivity index (χ0v) is 15.7. The smallest absolute Gasteiger partial charge is 0.272 e. The van der Waals surface area contributed by atoms with Gasteiger partial charge in [-0.2, -0.15) is 5.26 Å². The highest BCUT2D eigenvalue weighted by Crippen LogP contribution is 2.37. The Kier molecular flexibility index (Phi) is 4.58. The topological polar surface area (TPSA) is 93.7 Å². The number of benzene rings is 1. The van der Waals surface area contributed by atoms with Gasteiger partial charge in [-0.05, 0) is 66.2 Å². The Morgan fingerprint density at radius 2 is 2.22 bits per heavy atom. The quantitative estimate of drug-likeness (QED) is 0.757. The molecule has 0 spiro atoms. The monoisotopic (exact) mass is 385 g/mol. The number of carbonyl (C=O) groups is 1. The van der Waals surface area contributed by atoms with E-state index in [9.17, 15) is 9.18 Å². The van der Waals surface area contributed by atoms with Crippen molar-refractivity contribution in [3.63, 3.8) is 0 Å². The van der Waals surface area contributed by atoms with Crippen molar-refractivity contribution in [2.75, 3.05) is 5.32 Å². The van der Waals surface area contributed by atoms with Gasteiger partial charge in [0.2, 0.25) is 0 Å². The molecule has 1 fully saturated rings. The van der Waals surface area contributed by atoms with E-state index in [1.165, 1.54) is 31.0 Å². The van der Waals surface area contributed by atoms with Crippen molar-refractivity contribution >= 4 is 22.5 Å². The highest BCUT2D eigenvalue weighted by atomic mass is 32.2. The summed E-state index contributed by atoms with van der Waals surface area (Å²) in [5.41, 5.74) is 1.70. The zero-order chi connectivity index (χ0) is 19.1. The number of nitrogens with zero attached hydrogens (tertiary/aromatic N) is 2. The van der Waals surface area contributed by atoms with Gasteiger partial charge in [-0.1, -0.05) is 0 Å². The van der Waals surface area contributed by atoms with Crippen LogP contribution in [0.25, 0.3) is 0 Å². The maximum absolute atomic E-state index is 13.5. The van der Waals surface area contributed by atoms with Crippen LogP contribution in [0, 0.1) is 27.8 Å². The van der Waals surface area contributed by atoms with Crippen LogP contribution in [0.5, 0.6) is 0 Å². The van der Waals surface area contributed by atoms with Gasteiger partial charge in [-0.25, -0.2) is 9.11 Å². The molecule has 1 aromatic heterocycles. The molecule has 3 N–H and O–H groups in total. The summed E-state index contributed by atoms with van der Waals surface area (Å²) in [4.78, 5) is 13.8. The van der Waals surface area contributed by atoms with E-state index >= 15 is 0 Å². The van der Waals surface area contributed by atoms with Crippen LogP contribution in [0.15, 0.2) is 29.3 Å². The molecule has 1 aliphatic heterocycles. The molecular weight excluding hydrogens is 365 g/mol. The van der Waals surface area contributed by atoms with Gasteiger partial charge < -0.3 is 9.88 Å². The Morgan fingerprint density at radius 3 is 2.93 bits per heavy atom. The fraction of sp³-hybridized carbons (Fsp3) is 0.368. The lowest BCUT2D eigenvalue weighted by Gasteiger charge is -2.15. The van der Waals surface area contributed by atoms with E-state index in [0.717, 1.165) is 23.3 Å². The van der Waals surface area contributed by atoms with E-state index < -0.39 is 16.7 Å². The molecular formula is C19H20FN5OS. The number of nitrogens with one attached hydrogen (secondary N) is 3. The van der Waals surface area contributed by atoms with Crippen LogP contribution in [0.4, 0.5) is 10.1 Å². The van der Waals surface area contributed by atoms with Gasteiger partial charge in [-0.15, -0.1) is 0 Å². The van der Waals surface area contributed by atoms with Gasteiger partial charge in [0.1, 0.15) is 17.6 Å².